The second kappa shape index (κ2) is 6.93. The van der Waals surface area contributed by atoms with Gasteiger partial charge in [0.25, 0.3) is 0 Å². The van der Waals surface area contributed by atoms with Crippen molar-refractivity contribution in [2.24, 2.45) is 5.92 Å². The Kier molecular flexibility index (Phi) is 4.71. The summed E-state index contributed by atoms with van der Waals surface area (Å²) in [5, 5.41) is 9.71. The number of rotatable bonds is 5. The average Bonchev–Trinajstić information content (AvgIpc) is 2.97. The van der Waals surface area contributed by atoms with Crippen molar-refractivity contribution in [3.05, 3.63) is 59.1 Å². The van der Waals surface area contributed by atoms with Gasteiger partial charge in [-0.05, 0) is 42.0 Å². The molecular weight excluding hydrogens is 330 g/mol. The fraction of sp³-hybridized carbons (Fsp3) is 0.222. The van der Waals surface area contributed by atoms with E-state index < -0.39 is 11.9 Å². The van der Waals surface area contributed by atoms with Crippen molar-refractivity contribution in [3.63, 3.8) is 0 Å². The molecule has 0 radical (unpaired) electrons. The van der Waals surface area contributed by atoms with Gasteiger partial charge in [0.05, 0.1) is 5.92 Å². The lowest BCUT2D eigenvalue weighted by atomic mass is 10.1. The summed E-state index contributed by atoms with van der Waals surface area (Å²) in [6, 6.07) is 14.5. The van der Waals surface area contributed by atoms with Crippen molar-refractivity contribution in [1.82, 2.24) is 0 Å². The van der Waals surface area contributed by atoms with Crippen LogP contribution in [0.25, 0.3) is 0 Å². The predicted octanol–water partition coefficient (Wildman–Crippen LogP) is 3.36. The Balaban J connectivity index is 1.62. The predicted molar refractivity (Wildman–Crippen MR) is 90.3 cm³/mol. The van der Waals surface area contributed by atoms with E-state index in [0.29, 0.717) is 23.1 Å². The molecule has 1 atom stereocenters. The summed E-state index contributed by atoms with van der Waals surface area (Å²) >= 11 is 5.84. The summed E-state index contributed by atoms with van der Waals surface area (Å²) in [4.78, 5) is 24.4. The van der Waals surface area contributed by atoms with Gasteiger partial charge < -0.3 is 14.7 Å². The number of nitrogens with zero attached hydrogens (tertiary/aromatic N) is 1. The normalized spacial score (nSPS) is 17.1. The number of ether oxygens (including phenoxy) is 1. The Morgan fingerprint density at radius 1 is 1.17 bits per heavy atom. The highest BCUT2D eigenvalue weighted by Gasteiger charge is 2.34. The van der Waals surface area contributed by atoms with Crippen LogP contribution in [0.1, 0.15) is 12.0 Å². The number of benzene rings is 2. The van der Waals surface area contributed by atoms with Crippen LogP contribution < -0.4 is 9.64 Å². The summed E-state index contributed by atoms with van der Waals surface area (Å²) in [6.07, 6.45) is 0.0458. The minimum absolute atomic E-state index is 0.0458. The van der Waals surface area contributed by atoms with Crippen LogP contribution in [0.5, 0.6) is 5.75 Å². The first-order chi connectivity index (χ1) is 11.5. The molecule has 1 fully saturated rings. The molecule has 1 N–H and O–H groups in total. The van der Waals surface area contributed by atoms with Crippen LogP contribution in [0.15, 0.2) is 48.5 Å². The number of anilines is 1. The van der Waals surface area contributed by atoms with Crippen molar-refractivity contribution >= 4 is 29.2 Å². The van der Waals surface area contributed by atoms with Gasteiger partial charge in [0.2, 0.25) is 5.91 Å². The van der Waals surface area contributed by atoms with E-state index in [1.807, 2.05) is 12.1 Å². The molecule has 2 aromatic carbocycles. The fourth-order valence-electron chi connectivity index (χ4n) is 2.59. The summed E-state index contributed by atoms with van der Waals surface area (Å²) in [6.45, 7) is 0.624. The van der Waals surface area contributed by atoms with Gasteiger partial charge >= 0.3 is 5.97 Å². The number of amides is 1. The second-order valence-electron chi connectivity index (χ2n) is 5.65. The van der Waals surface area contributed by atoms with E-state index in [1.165, 1.54) is 4.90 Å². The maximum absolute atomic E-state index is 11.9. The van der Waals surface area contributed by atoms with Crippen LogP contribution in [0, 0.1) is 5.92 Å². The second-order valence-corrected chi connectivity index (χ2v) is 6.09. The number of carboxylic acids is 1. The van der Waals surface area contributed by atoms with Gasteiger partial charge in [0.1, 0.15) is 12.4 Å². The quantitative estimate of drug-likeness (QED) is 0.902. The molecule has 5 nitrogen and oxygen atoms in total. The smallest absolute Gasteiger partial charge is 0.308 e. The van der Waals surface area contributed by atoms with E-state index >= 15 is 0 Å². The van der Waals surface area contributed by atoms with Gasteiger partial charge in [-0.2, -0.15) is 0 Å². The topological polar surface area (TPSA) is 66.8 Å². The maximum Gasteiger partial charge on any atom is 0.308 e. The van der Waals surface area contributed by atoms with Crippen LogP contribution >= 0.6 is 11.6 Å². The summed E-state index contributed by atoms with van der Waals surface area (Å²) < 4.78 is 5.70. The molecule has 3 rings (SSSR count). The molecule has 1 unspecified atom stereocenters. The highest BCUT2D eigenvalue weighted by atomic mass is 35.5. The third-order valence-electron chi connectivity index (χ3n) is 3.94. The van der Waals surface area contributed by atoms with E-state index in [2.05, 4.69) is 0 Å². The Morgan fingerprint density at radius 3 is 2.42 bits per heavy atom. The minimum Gasteiger partial charge on any atom is -0.489 e. The molecule has 1 amide bonds. The van der Waals surface area contributed by atoms with Crippen molar-refractivity contribution < 1.29 is 19.4 Å². The number of carbonyl (C=O) groups is 2. The molecule has 6 heteroatoms. The standard InChI is InChI=1S/C18H16ClNO4/c19-14-3-1-12(2-4-14)11-24-16-7-5-15(6-8-16)20-10-13(18(22)23)9-17(20)21/h1-8,13H,9-11H2,(H,22,23). The zero-order valence-electron chi connectivity index (χ0n) is 12.8. The first kappa shape index (κ1) is 16.3. The molecule has 1 saturated heterocycles. The first-order valence-electron chi connectivity index (χ1n) is 7.53. The lowest BCUT2D eigenvalue weighted by molar-refractivity contribution is -0.141. The molecule has 0 aromatic heterocycles. The Hall–Kier alpha value is -2.53. The van der Waals surface area contributed by atoms with Crippen molar-refractivity contribution in [3.8, 4) is 5.75 Å². The highest BCUT2D eigenvalue weighted by molar-refractivity contribution is 6.30. The number of aliphatic carboxylic acids is 1. The lowest BCUT2D eigenvalue weighted by Gasteiger charge is -2.16. The molecule has 0 aliphatic carbocycles. The zero-order valence-corrected chi connectivity index (χ0v) is 13.6. The zero-order chi connectivity index (χ0) is 17.1. The molecule has 0 bridgehead atoms. The maximum atomic E-state index is 11.9. The molecule has 2 aromatic rings. The number of halogens is 1. The van der Waals surface area contributed by atoms with Gasteiger partial charge in [-0.3, -0.25) is 9.59 Å². The number of carbonyl (C=O) groups excluding carboxylic acids is 1. The van der Waals surface area contributed by atoms with Crippen molar-refractivity contribution in [1.29, 1.82) is 0 Å². The van der Waals surface area contributed by atoms with Crippen molar-refractivity contribution in [2.75, 3.05) is 11.4 Å². The van der Waals surface area contributed by atoms with Crippen LogP contribution in [0.4, 0.5) is 5.69 Å². The molecular formula is C18H16ClNO4. The first-order valence-corrected chi connectivity index (χ1v) is 7.91. The molecule has 0 spiro atoms. The van der Waals surface area contributed by atoms with Gasteiger partial charge in [0.15, 0.2) is 0 Å². The van der Waals surface area contributed by atoms with E-state index in [4.69, 9.17) is 21.4 Å². The summed E-state index contributed by atoms with van der Waals surface area (Å²) in [5.41, 5.74) is 1.69. The molecule has 1 heterocycles. The molecule has 24 heavy (non-hydrogen) atoms. The summed E-state index contributed by atoms with van der Waals surface area (Å²) in [7, 11) is 0. The molecule has 1 aliphatic rings. The Morgan fingerprint density at radius 2 is 1.83 bits per heavy atom. The fourth-order valence-corrected chi connectivity index (χ4v) is 2.72. The molecule has 124 valence electrons. The van der Waals surface area contributed by atoms with Crippen LogP contribution in [-0.4, -0.2) is 23.5 Å². The van der Waals surface area contributed by atoms with Crippen molar-refractivity contribution in [2.45, 2.75) is 13.0 Å². The molecule has 1 aliphatic heterocycles. The van der Waals surface area contributed by atoms with Gasteiger partial charge in [-0.1, -0.05) is 23.7 Å². The summed E-state index contributed by atoms with van der Waals surface area (Å²) in [5.74, 6) is -1.07. The lowest BCUT2D eigenvalue weighted by Crippen LogP contribution is -2.25. The van der Waals surface area contributed by atoms with E-state index in [1.54, 1.807) is 36.4 Å². The Bertz CT molecular complexity index is 743. The monoisotopic (exact) mass is 345 g/mol. The van der Waals surface area contributed by atoms with Crippen LogP contribution in [0.2, 0.25) is 5.02 Å². The largest absolute Gasteiger partial charge is 0.489 e. The number of carboxylic acid groups (broad SMARTS) is 1. The van der Waals surface area contributed by atoms with E-state index in [9.17, 15) is 9.59 Å². The number of hydrogen-bond donors (Lipinski definition) is 1. The SMILES string of the molecule is O=C(O)C1CC(=O)N(c2ccc(OCc3ccc(Cl)cc3)cc2)C1. The third-order valence-corrected chi connectivity index (χ3v) is 4.19. The molecule has 0 saturated carbocycles. The minimum atomic E-state index is -0.936. The Labute approximate surface area is 144 Å². The van der Waals surface area contributed by atoms with Gasteiger partial charge in [-0.25, -0.2) is 0 Å². The average molecular weight is 346 g/mol. The van der Waals surface area contributed by atoms with E-state index in [-0.39, 0.29) is 18.9 Å². The van der Waals surface area contributed by atoms with Crippen LogP contribution in [0.3, 0.4) is 0 Å². The van der Waals surface area contributed by atoms with Crippen LogP contribution in [-0.2, 0) is 16.2 Å². The number of hydrogen-bond acceptors (Lipinski definition) is 3. The highest BCUT2D eigenvalue weighted by Crippen LogP contribution is 2.27. The van der Waals surface area contributed by atoms with Gasteiger partial charge in [-0.15, -0.1) is 0 Å². The third kappa shape index (κ3) is 3.68. The van der Waals surface area contributed by atoms with E-state index in [0.717, 1.165) is 5.56 Å². The van der Waals surface area contributed by atoms with Gasteiger partial charge in [0, 0.05) is 23.7 Å².